The normalized spacial score (nSPS) is 10.5. The van der Waals surface area contributed by atoms with Gasteiger partial charge < -0.3 is 9.84 Å². The van der Waals surface area contributed by atoms with Gasteiger partial charge in [-0.1, -0.05) is 13.0 Å². The van der Waals surface area contributed by atoms with Crippen LogP contribution in [0.1, 0.15) is 24.7 Å². The molecule has 0 aliphatic carbocycles. The first-order valence-electron chi connectivity index (χ1n) is 5.49. The first-order valence-corrected chi connectivity index (χ1v) is 6.27. The molecule has 4 nitrogen and oxygen atoms in total. The van der Waals surface area contributed by atoms with Crippen molar-refractivity contribution in [3.8, 4) is 16.7 Å². The molecule has 5 heteroatoms. The summed E-state index contributed by atoms with van der Waals surface area (Å²) in [5, 5.41) is 10.1. The van der Waals surface area contributed by atoms with Gasteiger partial charge in [-0.25, -0.2) is 0 Å². The van der Waals surface area contributed by atoms with E-state index in [9.17, 15) is 5.11 Å². The van der Waals surface area contributed by atoms with Crippen LogP contribution < -0.4 is 4.74 Å². The van der Waals surface area contributed by atoms with Gasteiger partial charge in [-0.3, -0.25) is 0 Å². The average molecular weight is 250 g/mol. The van der Waals surface area contributed by atoms with E-state index in [1.54, 1.807) is 25.1 Å². The van der Waals surface area contributed by atoms with Gasteiger partial charge in [0, 0.05) is 23.5 Å². The van der Waals surface area contributed by atoms with Crippen molar-refractivity contribution in [3.05, 3.63) is 29.6 Å². The highest BCUT2D eigenvalue weighted by molar-refractivity contribution is 7.07. The Labute approximate surface area is 104 Å². The lowest BCUT2D eigenvalue weighted by Gasteiger charge is -2.05. The lowest BCUT2D eigenvalue weighted by atomic mass is 10.2. The molecular weight excluding hydrogens is 236 g/mol. The third-order valence-corrected chi connectivity index (χ3v) is 3.01. The molecule has 0 unspecified atom stereocenters. The molecule has 0 aliphatic heterocycles. The summed E-state index contributed by atoms with van der Waals surface area (Å²) >= 11 is 1.23. The van der Waals surface area contributed by atoms with E-state index < -0.39 is 0 Å². The molecule has 1 heterocycles. The second-order valence-corrected chi connectivity index (χ2v) is 4.44. The number of phenolic OH excluding ortho intramolecular Hbond substituents is 1. The molecule has 90 valence electrons. The van der Waals surface area contributed by atoms with Crippen molar-refractivity contribution in [3.63, 3.8) is 0 Å². The van der Waals surface area contributed by atoms with Crippen LogP contribution in [0.25, 0.3) is 0 Å². The summed E-state index contributed by atoms with van der Waals surface area (Å²) in [6.07, 6.45) is 1.88. The number of aromatic nitrogens is 2. The van der Waals surface area contributed by atoms with E-state index in [1.807, 2.05) is 0 Å². The van der Waals surface area contributed by atoms with Crippen molar-refractivity contribution in [1.29, 1.82) is 0 Å². The maximum atomic E-state index is 9.55. The van der Waals surface area contributed by atoms with Crippen molar-refractivity contribution in [2.45, 2.75) is 26.7 Å². The Balaban J connectivity index is 2.16. The predicted octanol–water partition coefficient (Wildman–Crippen LogP) is 3.30. The summed E-state index contributed by atoms with van der Waals surface area (Å²) in [7, 11) is 0. The van der Waals surface area contributed by atoms with Gasteiger partial charge in [0.1, 0.15) is 17.3 Å². The molecule has 1 aromatic heterocycles. The number of aromatic hydroxyl groups is 1. The molecule has 1 aromatic carbocycles. The minimum absolute atomic E-state index is 0.223. The van der Waals surface area contributed by atoms with Gasteiger partial charge in [-0.05, 0) is 25.5 Å². The number of benzene rings is 1. The fraction of sp³-hybridized carbons (Fsp3) is 0.333. The molecule has 1 N–H and O–H groups in total. The lowest BCUT2D eigenvalue weighted by molar-refractivity contribution is 0.446. The lowest BCUT2D eigenvalue weighted by Crippen LogP contribution is -1.89. The zero-order valence-corrected chi connectivity index (χ0v) is 10.6. The minimum Gasteiger partial charge on any atom is -0.508 e. The molecule has 2 rings (SSSR count). The average Bonchev–Trinajstić information content (AvgIpc) is 2.73. The number of hydrogen-bond donors (Lipinski definition) is 1. The molecule has 17 heavy (non-hydrogen) atoms. The van der Waals surface area contributed by atoms with Crippen molar-refractivity contribution in [2.75, 3.05) is 0 Å². The van der Waals surface area contributed by atoms with Crippen molar-refractivity contribution in [2.24, 2.45) is 0 Å². The Hall–Kier alpha value is -1.62. The number of nitrogens with zero attached hydrogens (tertiary/aromatic N) is 2. The topological polar surface area (TPSA) is 55.2 Å². The maximum absolute atomic E-state index is 9.55. The van der Waals surface area contributed by atoms with E-state index in [0.29, 0.717) is 16.5 Å². The molecule has 0 saturated carbocycles. The minimum atomic E-state index is 0.223. The Bertz CT molecular complexity index is 511. The van der Waals surface area contributed by atoms with Crippen LogP contribution >= 0.6 is 11.5 Å². The van der Waals surface area contributed by atoms with Crippen LogP contribution in [0.2, 0.25) is 0 Å². The third kappa shape index (κ3) is 2.74. The van der Waals surface area contributed by atoms with Gasteiger partial charge in [0.2, 0.25) is 0 Å². The number of ether oxygens (including phenoxy) is 1. The van der Waals surface area contributed by atoms with Gasteiger partial charge >= 0.3 is 0 Å². The second-order valence-electron chi connectivity index (χ2n) is 3.73. The van der Waals surface area contributed by atoms with Crippen LogP contribution in [0, 0.1) is 6.92 Å². The fourth-order valence-electron chi connectivity index (χ4n) is 1.41. The summed E-state index contributed by atoms with van der Waals surface area (Å²) in [6.45, 7) is 3.89. The fourth-order valence-corrected chi connectivity index (χ4v) is 2.00. The molecule has 0 radical (unpaired) electrons. The highest BCUT2D eigenvalue weighted by Gasteiger charge is 2.09. The molecular formula is C12H14N2O2S. The smallest absolute Gasteiger partial charge is 0.298 e. The number of hydrogen-bond acceptors (Lipinski definition) is 5. The molecule has 0 spiro atoms. The maximum Gasteiger partial charge on any atom is 0.298 e. The third-order valence-electron chi connectivity index (χ3n) is 2.38. The van der Waals surface area contributed by atoms with Crippen LogP contribution in [0.5, 0.6) is 16.7 Å². The van der Waals surface area contributed by atoms with E-state index in [2.05, 4.69) is 16.3 Å². The van der Waals surface area contributed by atoms with E-state index in [1.165, 1.54) is 11.5 Å². The van der Waals surface area contributed by atoms with E-state index in [4.69, 9.17) is 4.74 Å². The molecule has 0 saturated heterocycles. The summed E-state index contributed by atoms with van der Waals surface area (Å²) in [5.41, 5.74) is 0.708. The van der Waals surface area contributed by atoms with Gasteiger partial charge in [-0.2, -0.15) is 9.36 Å². The Morgan fingerprint density at radius 2 is 2.24 bits per heavy atom. The van der Waals surface area contributed by atoms with Crippen LogP contribution in [0.15, 0.2) is 18.2 Å². The standard InChI is InChI=1S/C12H14N2O2S/c1-3-5-11-13-12(17-14-11)16-10-7-4-6-9(15)8(10)2/h4,6-7,15H,3,5H2,1-2H3. The Morgan fingerprint density at radius 3 is 3.00 bits per heavy atom. The van der Waals surface area contributed by atoms with Gasteiger partial charge in [0.05, 0.1) is 0 Å². The highest BCUT2D eigenvalue weighted by atomic mass is 32.1. The SMILES string of the molecule is CCCc1nsc(Oc2cccc(O)c2C)n1. The molecule has 2 aromatic rings. The largest absolute Gasteiger partial charge is 0.508 e. The van der Waals surface area contributed by atoms with Gasteiger partial charge in [-0.15, -0.1) is 0 Å². The molecule has 0 fully saturated rings. The summed E-state index contributed by atoms with van der Waals surface area (Å²) < 4.78 is 9.80. The molecule has 0 atom stereocenters. The Kier molecular flexibility index (Phi) is 3.58. The van der Waals surface area contributed by atoms with Crippen LogP contribution in [-0.4, -0.2) is 14.5 Å². The van der Waals surface area contributed by atoms with E-state index >= 15 is 0 Å². The zero-order valence-electron chi connectivity index (χ0n) is 9.80. The number of phenols is 1. The number of rotatable bonds is 4. The van der Waals surface area contributed by atoms with Crippen molar-refractivity contribution in [1.82, 2.24) is 9.36 Å². The summed E-state index contributed by atoms with van der Waals surface area (Å²) in [4.78, 5) is 4.27. The first-order chi connectivity index (χ1) is 8.20. The van der Waals surface area contributed by atoms with Crippen molar-refractivity contribution < 1.29 is 9.84 Å². The van der Waals surface area contributed by atoms with E-state index in [-0.39, 0.29) is 5.75 Å². The van der Waals surface area contributed by atoms with Crippen LogP contribution in [0.3, 0.4) is 0 Å². The van der Waals surface area contributed by atoms with Crippen LogP contribution in [0.4, 0.5) is 0 Å². The van der Waals surface area contributed by atoms with E-state index in [0.717, 1.165) is 18.7 Å². The van der Waals surface area contributed by atoms with Gasteiger partial charge in [0.15, 0.2) is 0 Å². The number of aryl methyl sites for hydroxylation is 1. The molecule has 0 aliphatic rings. The molecule has 0 amide bonds. The monoisotopic (exact) mass is 250 g/mol. The quantitative estimate of drug-likeness (QED) is 0.904. The predicted molar refractivity (Wildman–Crippen MR) is 66.8 cm³/mol. The first kappa shape index (κ1) is 11.9. The summed E-state index contributed by atoms with van der Waals surface area (Å²) in [5.74, 6) is 1.65. The zero-order chi connectivity index (χ0) is 12.3. The highest BCUT2D eigenvalue weighted by Crippen LogP contribution is 2.30. The van der Waals surface area contributed by atoms with Crippen LogP contribution in [-0.2, 0) is 6.42 Å². The second kappa shape index (κ2) is 5.14. The van der Waals surface area contributed by atoms with Gasteiger partial charge in [0.25, 0.3) is 5.19 Å². The van der Waals surface area contributed by atoms with Crippen molar-refractivity contribution >= 4 is 11.5 Å². The summed E-state index contributed by atoms with van der Waals surface area (Å²) in [6, 6.07) is 5.17. The Morgan fingerprint density at radius 1 is 1.41 bits per heavy atom. The molecule has 0 bridgehead atoms.